The summed E-state index contributed by atoms with van der Waals surface area (Å²) in [4.78, 5) is 8.45. The van der Waals surface area contributed by atoms with Gasteiger partial charge in [-0.1, -0.05) is 19.1 Å². The SMILES string of the molecule is CCCNc1cncc(Oc2cccc(C)c2)n1. The van der Waals surface area contributed by atoms with Gasteiger partial charge in [-0.25, -0.2) is 0 Å². The zero-order valence-electron chi connectivity index (χ0n) is 10.7. The van der Waals surface area contributed by atoms with Crippen LogP contribution in [0.3, 0.4) is 0 Å². The van der Waals surface area contributed by atoms with Crippen LogP contribution in [0, 0.1) is 6.92 Å². The lowest BCUT2D eigenvalue weighted by molar-refractivity contribution is 0.460. The highest BCUT2D eigenvalue weighted by molar-refractivity contribution is 5.35. The molecule has 4 heteroatoms. The smallest absolute Gasteiger partial charge is 0.239 e. The van der Waals surface area contributed by atoms with Crippen molar-refractivity contribution in [1.29, 1.82) is 0 Å². The molecule has 18 heavy (non-hydrogen) atoms. The number of hydrogen-bond acceptors (Lipinski definition) is 4. The molecule has 2 rings (SSSR count). The standard InChI is InChI=1S/C14H17N3O/c1-3-7-16-13-9-15-10-14(17-13)18-12-6-4-5-11(2)8-12/h4-6,8-10H,3,7H2,1-2H3,(H,16,17). The molecule has 1 aromatic carbocycles. The molecule has 2 aromatic rings. The van der Waals surface area contributed by atoms with Gasteiger partial charge >= 0.3 is 0 Å². The number of anilines is 1. The summed E-state index contributed by atoms with van der Waals surface area (Å²) in [6.45, 7) is 5.01. The summed E-state index contributed by atoms with van der Waals surface area (Å²) in [7, 11) is 0. The van der Waals surface area contributed by atoms with Crippen molar-refractivity contribution in [3.63, 3.8) is 0 Å². The van der Waals surface area contributed by atoms with Crippen molar-refractivity contribution in [3.8, 4) is 11.6 Å². The molecule has 0 atom stereocenters. The first-order valence-electron chi connectivity index (χ1n) is 6.08. The minimum Gasteiger partial charge on any atom is -0.437 e. The summed E-state index contributed by atoms with van der Waals surface area (Å²) < 4.78 is 5.67. The van der Waals surface area contributed by atoms with Crippen LogP contribution in [0.5, 0.6) is 11.6 Å². The lowest BCUT2D eigenvalue weighted by atomic mass is 10.2. The highest BCUT2D eigenvalue weighted by atomic mass is 16.5. The van der Waals surface area contributed by atoms with E-state index >= 15 is 0 Å². The van der Waals surface area contributed by atoms with Gasteiger partial charge in [0.1, 0.15) is 11.6 Å². The van der Waals surface area contributed by atoms with Crippen molar-refractivity contribution in [2.45, 2.75) is 20.3 Å². The number of rotatable bonds is 5. The number of ether oxygens (including phenoxy) is 1. The zero-order chi connectivity index (χ0) is 12.8. The van der Waals surface area contributed by atoms with E-state index in [0.717, 1.165) is 30.1 Å². The second-order valence-electron chi connectivity index (χ2n) is 4.09. The maximum Gasteiger partial charge on any atom is 0.239 e. The Morgan fingerprint density at radius 1 is 1.28 bits per heavy atom. The monoisotopic (exact) mass is 243 g/mol. The molecule has 0 radical (unpaired) electrons. The van der Waals surface area contributed by atoms with Gasteiger partial charge in [0.25, 0.3) is 0 Å². The Labute approximate surface area is 107 Å². The van der Waals surface area contributed by atoms with Gasteiger partial charge < -0.3 is 10.1 Å². The van der Waals surface area contributed by atoms with Gasteiger partial charge in [-0.15, -0.1) is 0 Å². The van der Waals surface area contributed by atoms with Crippen molar-refractivity contribution >= 4 is 5.82 Å². The van der Waals surface area contributed by atoms with Gasteiger partial charge in [0.15, 0.2) is 0 Å². The molecule has 0 aliphatic heterocycles. The zero-order valence-corrected chi connectivity index (χ0v) is 10.7. The third-order valence-electron chi connectivity index (χ3n) is 2.38. The minimum atomic E-state index is 0.502. The van der Waals surface area contributed by atoms with Crippen LogP contribution in [-0.4, -0.2) is 16.5 Å². The minimum absolute atomic E-state index is 0.502. The third kappa shape index (κ3) is 3.45. The average molecular weight is 243 g/mol. The van der Waals surface area contributed by atoms with E-state index in [0.29, 0.717) is 5.88 Å². The van der Waals surface area contributed by atoms with E-state index in [1.54, 1.807) is 12.4 Å². The first-order chi connectivity index (χ1) is 8.78. The second-order valence-corrected chi connectivity index (χ2v) is 4.09. The van der Waals surface area contributed by atoms with E-state index in [2.05, 4.69) is 22.2 Å². The van der Waals surface area contributed by atoms with Crippen LogP contribution in [-0.2, 0) is 0 Å². The molecule has 0 saturated carbocycles. The molecule has 1 heterocycles. The van der Waals surface area contributed by atoms with Crippen LogP contribution in [0.4, 0.5) is 5.82 Å². The summed E-state index contributed by atoms with van der Waals surface area (Å²) in [5.41, 5.74) is 1.15. The first-order valence-corrected chi connectivity index (χ1v) is 6.08. The van der Waals surface area contributed by atoms with Gasteiger partial charge in [0, 0.05) is 6.54 Å². The number of aromatic nitrogens is 2. The first kappa shape index (κ1) is 12.4. The topological polar surface area (TPSA) is 47.0 Å². The number of nitrogens with zero attached hydrogens (tertiary/aromatic N) is 2. The maximum absolute atomic E-state index is 5.67. The lowest BCUT2D eigenvalue weighted by Crippen LogP contribution is -2.02. The Kier molecular flexibility index (Phi) is 4.12. The number of hydrogen-bond donors (Lipinski definition) is 1. The second kappa shape index (κ2) is 6.00. The molecular formula is C14H17N3O. The van der Waals surface area contributed by atoms with Crippen molar-refractivity contribution < 1.29 is 4.74 Å². The van der Waals surface area contributed by atoms with Crippen molar-refractivity contribution in [2.24, 2.45) is 0 Å². The number of aryl methyl sites for hydroxylation is 1. The lowest BCUT2D eigenvalue weighted by Gasteiger charge is -2.07. The van der Waals surface area contributed by atoms with Gasteiger partial charge in [-0.3, -0.25) is 4.98 Å². The molecule has 0 unspecified atom stereocenters. The van der Waals surface area contributed by atoms with E-state index in [-0.39, 0.29) is 0 Å². The Morgan fingerprint density at radius 3 is 2.94 bits per heavy atom. The summed E-state index contributed by atoms with van der Waals surface area (Å²) >= 11 is 0. The van der Waals surface area contributed by atoms with E-state index in [1.165, 1.54) is 0 Å². The Morgan fingerprint density at radius 2 is 2.17 bits per heavy atom. The molecular weight excluding hydrogens is 226 g/mol. The molecule has 4 nitrogen and oxygen atoms in total. The van der Waals surface area contributed by atoms with Gasteiger partial charge in [0.2, 0.25) is 5.88 Å². The highest BCUT2D eigenvalue weighted by Gasteiger charge is 2.01. The molecule has 1 aromatic heterocycles. The fourth-order valence-corrected chi connectivity index (χ4v) is 1.54. The van der Waals surface area contributed by atoms with Crippen LogP contribution in [0.25, 0.3) is 0 Å². The van der Waals surface area contributed by atoms with Gasteiger partial charge in [0.05, 0.1) is 12.4 Å². The van der Waals surface area contributed by atoms with E-state index in [4.69, 9.17) is 4.74 Å². The quantitative estimate of drug-likeness (QED) is 0.874. The molecule has 0 aliphatic rings. The van der Waals surface area contributed by atoms with Crippen molar-refractivity contribution in [2.75, 3.05) is 11.9 Å². The average Bonchev–Trinajstić information content (AvgIpc) is 2.37. The predicted octanol–water partition coefficient (Wildman–Crippen LogP) is 3.40. The molecule has 0 bridgehead atoms. The Balaban J connectivity index is 2.09. The maximum atomic E-state index is 5.67. The molecule has 0 amide bonds. The summed E-state index contributed by atoms with van der Waals surface area (Å²) in [5, 5.41) is 3.18. The number of benzene rings is 1. The molecule has 1 N–H and O–H groups in total. The predicted molar refractivity (Wildman–Crippen MR) is 72.1 cm³/mol. The van der Waals surface area contributed by atoms with Crippen LogP contribution in [0.15, 0.2) is 36.7 Å². The van der Waals surface area contributed by atoms with Crippen molar-refractivity contribution in [1.82, 2.24) is 9.97 Å². The van der Waals surface area contributed by atoms with Crippen LogP contribution in [0.2, 0.25) is 0 Å². The van der Waals surface area contributed by atoms with Gasteiger partial charge in [-0.05, 0) is 31.0 Å². The van der Waals surface area contributed by atoms with Crippen LogP contribution >= 0.6 is 0 Å². The summed E-state index contributed by atoms with van der Waals surface area (Å²) in [6, 6.07) is 7.85. The summed E-state index contributed by atoms with van der Waals surface area (Å²) in [6.07, 6.45) is 4.35. The van der Waals surface area contributed by atoms with Crippen LogP contribution in [0.1, 0.15) is 18.9 Å². The summed E-state index contributed by atoms with van der Waals surface area (Å²) in [5.74, 6) is 2.01. The van der Waals surface area contributed by atoms with E-state index < -0.39 is 0 Å². The fraction of sp³-hybridized carbons (Fsp3) is 0.286. The largest absolute Gasteiger partial charge is 0.437 e. The molecule has 0 aliphatic carbocycles. The molecule has 0 spiro atoms. The molecule has 0 fully saturated rings. The number of nitrogens with one attached hydrogen (secondary N) is 1. The van der Waals surface area contributed by atoms with E-state index in [1.807, 2.05) is 31.2 Å². The Bertz CT molecular complexity index is 514. The third-order valence-corrected chi connectivity index (χ3v) is 2.38. The normalized spacial score (nSPS) is 10.1. The Hall–Kier alpha value is -2.10. The van der Waals surface area contributed by atoms with Crippen molar-refractivity contribution in [3.05, 3.63) is 42.2 Å². The van der Waals surface area contributed by atoms with Gasteiger partial charge in [-0.2, -0.15) is 4.98 Å². The fourth-order valence-electron chi connectivity index (χ4n) is 1.54. The highest BCUT2D eigenvalue weighted by Crippen LogP contribution is 2.20. The molecule has 0 saturated heterocycles. The van der Waals surface area contributed by atoms with Crippen LogP contribution < -0.4 is 10.1 Å². The van der Waals surface area contributed by atoms with E-state index in [9.17, 15) is 0 Å². The molecule has 94 valence electrons.